The summed E-state index contributed by atoms with van der Waals surface area (Å²) in [5.41, 5.74) is 2.56. The van der Waals surface area contributed by atoms with Crippen LogP contribution in [-0.4, -0.2) is 13.6 Å². The Bertz CT molecular complexity index is 187. The molecule has 1 nitrogen and oxygen atoms in total. The van der Waals surface area contributed by atoms with Crippen LogP contribution in [0, 0.1) is 0 Å². The van der Waals surface area contributed by atoms with Crippen molar-refractivity contribution in [1.82, 2.24) is 5.32 Å². The van der Waals surface area contributed by atoms with Crippen LogP contribution in [0.15, 0.2) is 36.0 Å². The van der Waals surface area contributed by atoms with Crippen molar-refractivity contribution >= 4 is 0 Å². The van der Waals surface area contributed by atoms with E-state index in [1.807, 2.05) is 13.1 Å². The molecular formula is C11H19N. The van der Waals surface area contributed by atoms with Gasteiger partial charge in [-0.1, -0.05) is 31.7 Å². The Balaban J connectivity index is 4.41. The van der Waals surface area contributed by atoms with Crippen LogP contribution in [0.3, 0.4) is 0 Å². The summed E-state index contributed by atoms with van der Waals surface area (Å²) in [5.74, 6) is 0. The highest BCUT2D eigenvalue weighted by Gasteiger charge is 1.93. The predicted octanol–water partition coefficient (Wildman–Crippen LogP) is 2.67. The molecule has 0 aromatic heterocycles. The van der Waals surface area contributed by atoms with E-state index in [9.17, 15) is 0 Å². The molecule has 0 spiro atoms. The van der Waals surface area contributed by atoms with Gasteiger partial charge in [0.2, 0.25) is 0 Å². The molecule has 0 rings (SSSR count). The molecule has 0 bridgehead atoms. The SMILES string of the molecule is C=C/C(C)=C(\C=C/CC)CNC. The molecule has 0 aliphatic carbocycles. The second kappa shape index (κ2) is 6.86. The van der Waals surface area contributed by atoms with E-state index in [1.165, 1.54) is 11.1 Å². The van der Waals surface area contributed by atoms with Gasteiger partial charge >= 0.3 is 0 Å². The van der Waals surface area contributed by atoms with Gasteiger partial charge in [0.05, 0.1) is 0 Å². The average Bonchev–Trinajstić information content (AvgIpc) is 2.11. The summed E-state index contributed by atoms with van der Waals surface area (Å²) in [7, 11) is 1.95. The van der Waals surface area contributed by atoms with E-state index in [0.29, 0.717) is 0 Å². The van der Waals surface area contributed by atoms with Crippen molar-refractivity contribution in [2.45, 2.75) is 20.3 Å². The van der Waals surface area contributed by atoms with Crippen LogP contribution in [0.25, 0.3) is 0 Å². The second-order valence-electron chi connectivity index (χ2n) is 2.75. The topological polar surface area (TPSA) is 12.0 Å². The zero-order chi connectivity index (χ0) is 9.40. The fraction of sp³-hybridized carbons (Fsp3) is 0.455. The Morgan fingerprint density at radius 3 is 2.58 bits per heavy atom. The van der Waals surface area contributed by atoms with Crippen LogP contribution in [0.2, 0.25) is 0 Å². The zero-order valence-corrected chi connectivity index (χ0v) is 8.35. The van der Waals surface area contributed by atoms with Gasteiger partial charge in [-0.05, 0) is 31.5 Å². The second-order valence-corrected chi connectivity index (χ2v) is 2.75. The summed E-state index contributed by atoms with van der Waals surface area (Å²) in [5, 5.41) is 3.14. The van der Waals surface area contributed by atoms with Crippen molar-refractivity contribution < 1.29 is 0 Å². The molecule has 0 fully saturated rings. The summed E-state index contributed by atoms with van der Waals surface area (Å²) in [6.45, 7) is 8.88. The molecule has 0 aliphatic heterocycles. The largest absolute Gasteiger partial charge is 0.316 e. The zero-order valence-electron chi connectivity index (χ0n) is 8.35. The van der Waals surface area contributed by atoms with Crippen LogP contribution >= 0.6 is 0 Å². The van der Waals surface area contributed by atoms with E-state index < -0.39 is 0 Å². The molecule has 1 heteroatoms. The molecule has 0 radical (unpaired) electrons. The van der Waals surface area contributed by atoms with Gasteiger partial charge in [0.15, 0.2) is 0 Å². The first-order valence-corrected chi connectivity index (χ1v) is 4.39. The number of rotatable bonds is 5. The summed E-state index contributed by atoms with van der Waals surface area (Å²) in [4.78, 5) is 0. The molecule has 0 amide bonds. The minimum Gasteiger partial charge on any atom is -0.316 e. The summed E-state index contributed by atoms with van der Waals surface area (Å²) in [6, 6.07) is 0. The third-order valence-electron chi connectivity index (χ3n) is 1.73. The van der Waals surface area contributed by atoms with E-state index in [1.54, 1.807) is 0 Å². The predicted molar refractivity (Wildman–Crippen MR) is 56.3 cm³/mol. The first kappa shape index (κ1) is 11.2. The Labute approximate surface area is 75.9 Å². The minimum atomic E-state index is 0.911. The fourth-order valence-electron chi connectivity index (χ4n) is 0.911. The Morgan fingerprint density at radius 2 is 2.17 bits per heavy atom. The molecule has 68 valence electrons. The van der Waals surface area contributed by atoms with Crippen molar-refractivity contribution in [3.8, 4) is 0 Å². The average molecular weight is 165 g/mol. The quantitative estimate of drug-likeness (QED) is 0.618. The minimum absolute atomic E-state index is 0.911. The monoisotopic (exact) mass is 165 g/mol. The van der Waals surface area contributed by atoms with Crippen LogP contribution in [0.4, 0.5) is 0 Å². The number of nitrogens with one attached hydrogen (secondary N) is 1. The molecule has 0 unspecified atom stereocenters. The van der Waals surface area contributed by atoms with Crippen molar-refractivity contribution in [2.24, 2.45) is 0 Å². The van der Waals surface area contributed by atoms with Gasteiger partial charge in [0, 0.05) is 6.54 Å². The highest BCUT2D eigenvalue weighted by molar-refractivity contribution is 5.31. The van der Waals surface area contributed by atoms with Crippen LogP contribution in [0.1, 0.15) is 20.3 Å². The molecule has 0 saturated heterocycles. The maximum Gasteiger partial charge on any atom is 0.0205 e. The van der Waals surface area contributed by atoms with Gasteiger partial charge in [-0.15, -0.1) is 0 Å². The lowest BCUT2D eigenvalue weighted by atomic mass is 10.1. The van der Waals surface area contributed by atoms with Gasteiger partial charge in [0.1, 0.15) is 0 Å². The summed E-state index contributed by atoms with van der Waals surface area (Å²) >= 11 is 0. The lowest BCUT2D eigenvalue weighted by Crippen LogP contribution is -2.10. The first-order valence-electron chi connectivity index (χ1n) is 4.39. The van der Waals surface area contributed by atoms with E-state index in [0.717, 1.165) is 13.0 Å². The van der Waals surface area contributed by atoms with E-state index in [2.05, 4.69) is 37.9 Å². The van der Waals surface area contributed by atoms with Crippen molar-refractivity contribution in [3.05, 3.63) is 36.0 Å². The molecular weight excluding hydrogens is 146 g/mol. The molecule has 0 aromatic carbocycles. The maximum atomic E-state index is 3.75. The van der Waals surface area contributed by atoms with Gasteiger partial charge in [-0.2, -0.15) is 0 Å². The lowest BCUT2D eigenvalue weighted by Gasteiger charge is -2.03. The Kier molecular flexibility index (Phi) is 6.39. The molecule has 12 heavy (non-hydrogen) atoms. The lowest BCUT2D eigenvalue weighted by molar-refractivity contribution is 0.888. The number of allylic oxidation sites excluding steroid dienone is 3. The van der Waals surface area contributed by atoms with Crippen LogP contribution in [-0.2, 0) is 0 Å². The molecule has 1 N–H and O–H groups in total. The molecule has 0 heterocycles. The first-order chi connectivity index (χ1) is 5.76. The number of hydrogen-bond donors (Lipinski definition) is 1. The Morgan fingerprint density at radius 1 is 1.50 bits per heavy atom. The third kappa shape index (κ3) is 4.14. The highest BCUT2D eigenvalue weighted by atomic mass is 14.8. The fourth-order valence-corrected chi connectivity index (χ4v) is 0.911. The van der Waals surface area contributed by atoms with Crippen LogP contribution in [0.5, 0.6) is 0 Å². The van der Waals surface area contributed by atoms with Crippen LogP contribution < -0.4 is 5.32 Å². The Hall–Kier alpha value is -0.820. The van der Waals surface area contributed by atoms with Crippen molar-refractivity contribution in [1.29, 1.82) is 0 Å². The van der Waals surface area contributed by atoms with E-state index >= 15 is 0 Å². The van der Waals surface area contributed by atoms with E-state index in [4.69, 9.17) is 0 Å². The standard InChI is InChI=1S/C11H19N/c1-5-7-8-11(9-12-4)10(3)6-2/h6-8,12H,2,5,9H2,1,3-4H3/b8-7-,11-10+. The number of hydrogen-bond acceptors (Lipinski definition) is 1. The molecule has 0 atom stereocenters. The third-order valence-corrected chi connectivity index (χ3v) is 1.73. The molecule has 0 aromatic rings. The summed E-state index contributed by atoms with van der Waals surface area (Å²) in [6.07, 6.45) is 7.30. The number of likely N-dealkylation sites (N-methyl/N-ethyl adjacent to an activating group) is 1. The van der Waals surface area contributed by atoms with Gasteiger partial charge in [-0.25, -0.2) is 0 Å². The van der Waals surface area contributed by atoms with Gasteiger partial charge in [-0.3, -0.25) is 0 Å². The van der Waals surface area contributed by atoms with Crippen molar-refractivity contribution in [3.63, 3.8) is 0 Å². The highest BCUT2D eigenvalue weighted by Crippen LogP contribution is 2.05. The smallest absolute Gasteiger partial charge is 0.0205 e. The normalized spacial score (nSPS) is 13.2. The maximum absolute atomic E-state index is 3.75. The molecule has 0 saturated carbocycles. The summed E-state index contributed by atoms with van der Waals surface area (Å²) < 4.78 is 0. The van der Waals surface area contributed by atoms with E-state index in [-0.39, 0.29) is 0 Å². The van der Waals surface area contributed by atoms with Crippen molar-refractivity contribution in [2.75, 3.05) is 13.6 Å². The van der Waals surface area contributed by atoms with Gasteiger partial charge < -0.3 is 5.32 Å². The molecule has 0 aliphatic rings. The van der Waals surface area contributed by atoms with Gasteiger partial charge in [0.25, 0.3) is 0 Å².